The molecule has 15 heteroatoms. The maximum Gasteiger partial charge on any atom is 0.267 e. The van der Waals surface area contributed by atoms with Crippen molar-refractivity contribution in [2.24, 2.45) is 17.4 Å². The maximum atomic E-state index is 12.5. The zero-order valence-corrected chi connectivity index (χ0v) is 35.2. The lowest BCUT2D eigenvalue weighted by molar-refractivity contribution is -0.118. The van der Waals surface area contributed by atoms with Crippen molar-refractivity contribution in [2.45, 2.75) is 103 Å². The minimum atomic E-state index is -0.194. The van der Waals surface area contributed by atoms with Crippen LogP contribution in [0.25, 0.3) is 5.65 Å². The summed E-state index contributed by atoms with van der Waals surface area (Å²) in [6.45, 7) is 12.5. The molecule has 7 N–H and O–H groups in total. The molecule has 0 radical (unpaired) electrons. The van der Waals surface area contributed by atoms with Crippen LogP contribution in [0.2, 0.25) is 0 Å². The Balaban J connectivity index is 0.800. The van der Waals surface area contributed by atoms with E-state index in [2.05, 4.69) is 59.4 Å². The SMILES string of the molecule is CCc1cnn2c(NCc3ccc(OCCN4CCN(CC5CCN(/C(N)=C/C=C(\N)C(=O)NC6CCCCC6)CC5)CC4)nc3)cc(N3CCCC[C@H]3CCO)nc12. The van der Waals surface area contributed by atoms with E-state index in [-0.39, 0.29) is 24.3 Å². The van der Waals surface area contributed by atoms with Gasteiger partial charge in [0.2, 0.25) is 5.88 Å². The summed E-state index contributed by atoms with van der Waals surface area (Å²) in [5.41, 5.74) is 15.8. The number of fused-ring (bicyclic) bond motifs is 1. The van der Waals surface area contributed by atoms with Gasteiger partial charge in [0.15, 0.2) is 5.65 Å². The number of aliphatic hydroxyl groups excluding tert-OH is 1. The third-order valence-corrected chi connectivity index (χ3v) is 12.8. The molecule has 0 unspecified atom stereocenters. The summed E-state index contributed by atoms with van der Waals surface area (Å²) in [6, 6.07) is 6.65. The van der Waals surface area contributed by atoms with Crippen molar-refractivity contribution in [3.63, 3.8) is 0 Å². The smallest absolute Gasteiger partial charge is 0.267 e. The number of hydrogen-bond donors (Lipinski definition) is 5. The van der Waals surface area contributed by atoms with Crippen LogP contribution >= 0.6 is 0 Å². The van der Waals surface area contributed by atoms with Gasteiger partial charge in [0.25, 0.3) is 5.91 Å². The molecule has 4 fully saturated rings. The molecule has 3 aromatic rings. The first-order valence-electron chi connectivity index (χ1n) is 22.4. The molecule has 3 aliphatic heterocycles. The first-order valence-corrected chi connectivity index (χ1v) is 22.4. The molecule has 1 aliphatic carbocycles. The number of allylic oxidation sites excluding steroid dienone is 2. The van der Waals surface area contributed by atoms with Gasteiger partial charge in [0.05, 0.1) is 17.7 Å². The van der Waals surface area contributed by atoms with E-state index >= 15 is 0 Å². The number of piperazine rings is 1. The molecule has 0 aromatic carbocycles. The topological polar surface area (TPSA) is 179 Å². The maximum absolute atomic E-state index is 12.5. The van der Waals surface area contributed by atoms with Gasteiger partial charge < -0.3 is 46.6 Å². The molecule has 7 rings (SSSR count). The number of amides is 1. The number of rotatable bonds is 17. The van der Waals surface area contributed by atoms with Crippen molar-refractivity contribution in [1.82, 2.24) is 39.6 Å². The average molecular weight is 813 g/mol. The minimum absolute atomic E-state index is 0.184. The normalized spacial score (nSPS) is 20.9. The summed E-state index contributed by atoms with van der Waals surface area (Å²) in [5, 5.41) is 21.0. The Morgan fingerprint density at radius 1 is 0.932 bits per heavy atom. The zero-order chi connectivity index (χ0) is 41.0. The number of anilines is 2. The van der Waals surface area contributed by atoms with Crippen LogP contribution in [-0.2, 0) is 17.8 Å². The molecule has 1 saturated carbocycles. The highest BCUT2D eigenvalue weighted by Crippen LogP contribution is 2.29. The first kappa shape index (κ1) is 42.5. The van der Waals surface area contributed by atoms with Gasteiger partial charge in [-0.25, -0.2) is 9.97 Å². The van der Waals surface area contributed by atoms with Crippen LogP contribution in [0, 0.1) is 5.92 Å². The van der Waals surface area contributed by atoms with E-state index in [1.807, 2.05) is 23.0 Å². The van der Waals surface area contributed by atoms with Crippen molar-refractivity contribution >= 4 is 23.2 Å². The van der Waals surface area contributed by atoms with Crippen molar-refractivity contribution in [1.29, 1.82) is 0 Å². The highest BCUT2D eigenvalue weighted by molar-refractivity contribution is 5.92. The molecule has 4 aliphatic rings. The fourth-order valence-electron chi connectivity index (χ4n) is 9.15. The Bertz CT molecular complexity index is 1840. The van der Waals surface area contributed by atoms with E-state index in [0.717, 1.165) is 139 Å². The molecule has 0 bridgehead atoms. The van der Waals surface area contributed by atoms with Crippen LogP contribution in [-0.4, -0.2) is 129 Å². The summed E-state index contributed by atoms with van der Waals surface area (Å²) in [6.07, 6.45) is 20.1. The summed E-state index contributed by atoms with van der Waals surface area (Å²) < 4.78 is 7.98. The third-order valence-electron chi connectivity index (χ3n) is 12.8. The third kappa shape index (κ3) is 11.6. The number of hydrogen-bond acceptors (Lipinski definition) is 13. The number of aryl methyl sites for hydroxylation is 1. The number of aromatic nitrogens is 4. The van der Waals surface area contributed by atoms with Gasteiger partial charge in [0.1, 0.15) is 18.2 Å². The quantitative estimate of drug-likeness (QED) is 0.0983. The average Bonchev–Trinajstić information content (AvgIpc) is 3.70. The second-order valence-corrected chi connectivity index (χ2v) is 16.9. The predicted molar refractivity (Wildman–Crippen MR) is 233 cm³/mol. The molecule has 3 aromatic heterocycles. The lowest BCUT2D eigenvalue weighted by Gasteiger charge is -2.39. The van der Waals surface area contributed by atoms with Crippen LogP contribution in [0.1, 0.15) is 88.7 Å². The van der Waals surface area contributed by atoms with Crippen LogP contribution in [0.3, 0.4) is 0 Å². The number of carbonyl (C=O) groups is 1. The van der Waals surface area contributed by atoms with Gasteiger partial charge in [-0.05, 0) is 81.4 Å². The predicted octanol–water partition coefficient (Wildman–Crippen LogP) is 3.84. The molecule has 59 heavy (non-hydrogen) atoms. The van der Waals surface area contributed by atoms with E-state index in [0.29, 0.717) is 36.8 Å². The van der Waals surface area contributed by atoms with Gasteiger partial charge in [-0.1, -0.05) is 32.3 Å². The van der Waals surface area contributed by atoms with Gasteiger partial charge in [-0.3, -0.25) is 9.69 Å². The molecular formula is C44H68N12O3. The fraction of sp³-hybridized carbons (Fsp3) is 0.636. The number of nitrogens with one attached hydrogen (secondary N) is 2. The summed E-state index contributed by atoms with van der Waals surface area (Å²) in [4.78, 5) is 31.8. The minimum Gasteiger partial charge on any atom is -0.476 e. The first-order chi connectivity index (χ1) is 28.9. The summed E-state index contributed by atoms with van der Waals surface area (Å²) >= 11 is 0. The van der Waals surface area contributed by atoms with Crippen LogP contribution in [0.15, 0.2) is 54.3 Å². The van der Waals surface area contributed by atoms with E-state index in [1.54, 1.807) is 12.2 Å². The Morgan fingerprint density at radius 3 is 2.46 bits per heavy atom. The van der Waals surface area contributed by atoms with Crippen molar-refractivity contribution in [3.8, 4) is 5.88 Å². The molecule has 1 amide bonds. The standard InChI is InChI=1S/C44H68N12O3/c1-2-35-31-49-56-40(28-41(51-43(35)56)55-18-7-6-10-37(55)17-26-57)47-29-34-11-14-42(48-30-34)59-27-25-52-21-23-53(24-22-52)32-33-15-19-54(20-16-33)39(46)13-12-38(45)44(58)50-36-8-4-3-5-9-36/h11-14,28,30-31,33,36-37,47,57H,2-10,15-27,29,32,45-46H2,1H3,(H,50,58)/b38-12-,39-13+/t37-/m0/s1. The van der Waals surface area contributed by atoms with E-state index in [9.17, 15) is 9.90 Å². The number of aliphatic hydroxyl groups is 1. The number of likely N-dealkylation sites (tertiary alicyclic amines) is 1. The van der Waals surface area contributed by atoms with E-state index in [4.69, 9.17) is 21.2 Å². The van der Waals surface area contributed by atoms with Crippen molar-refractivity contribution < 1.29 is 14.6 Å². The zero-order valence-electron chi connectivity index (χ0n) is 35.2. The molecule has 15 nitrogen and oxygen atoms in total. The Labute approximate surface area is 350 Å². The molecule has 1 atom stereocenters. The monoisotopic (exact) mass is 813 g/mol. The largest absolute Gasteiger partial charge is 0.476 e. The lowest BCUT2D eigenvalue weighted by Crippen LogP contribution is -2.49. The highest BCUT2D eigenvalue weighted by atomic mass is 16.5. The van der Waals surface area contributed by atoms with Crippen LogP contribution in [0.5, 0.6) is 5.88 Å². The van der Waals surface area contributed by atoms with Crippen molar-refractivity contribution in [3.05, 3.63) is 65.4 Å². The Morgan fingerprint density at radius 2 is 1.71 bits per heavy atom. The lowest BCUT2D eigenvalue weighted by atomic mass is 9.95. The summed E-state index contributed by atoms with van der Waals surface area (Å²) in [5.74, 6) is 3.62. The van der Waals surface area contributed by atoms with Gasteiger partial charge in [-0.15, -0.1) is 0 Å². The number of pyridine rings is 1. The Hall–Kier alpha value is -4.60. The second-order valence-electron chi connectivity index (χ2n) is 16.9. The highest BCUT2D eigenvalue weighted by Gasteiger charge is 2.26. The number of nitrogens with zero attached hydrogens (tertiary/aromatic N) is 8. The van der Waals surface area contributed by atoms with Crippen LogP contribution in [0.4, 0.5) is 11.6 Å². The van der Waals surface area contributed by atoms with Gasteiger partial charge in [-0.2, -0.15) is 9.61 Å². The number of carbonyl (C=O) groups excluding carboxylic acids is 1. The number of ether oxygens (including phenoxy) is 1. The summed E-state index contributed by atoms with van der Waals surface area (Å²) in [7, 11) is 0. The molecule has 322 valence electrons. The number of nitrogens with two attached hydrogens (primary N) is 2. The van der Waals surface area contributed by atoms with E-state index < -0.39 is 0 Å². The van der Waals surface area contributed by atoms with Gasteiger partial charge >= 0.3 is 0 Å². The van der Waals surface area contributed by atoms with Gasteiger partial charge in [0, 0.05) is 108 Å². The molecule has 6 heterocycles. The molecule has 0 spiro atoms. The Kier molecular flexibility index (Phi) is 15.2. The van der Waals surface area contributed by atoms with E-state index in [1.165, 1.54) is 25.7 Å². The molecular weight excluding hydrogens is 745 g/mol. The molecule has 3 saturated heterocycles. The van der Waals surface area contributed by atoms with Crippen LogP contribution < -0.4 is 31.7 Å². The van der Waals surface area contributed by atoms with Crippen molar-refractivity contribution in [2.75, 3.05) is 82.3 Å². The second kappa shape index (κ2) is 21.1. The fourth-order valence-corrected chi connectivity index (χ4v) is 9.15. The number of piperidine rings is 2.